The molecule has 0 bridgehead atoms. The summed E-state index contributed by atoms with van der Waals surface area (Å²) in [5.41, 5.74) is 0.996. The first-order valence-corrected chi connectivity index (χ1v) is 8.60. The predicted octanol–water partition coefficient (Wildman–Crippen LogP) is 0.684. The van der Waals surface area contributed by atoms with Crippen molar-refractivity contribution in [1.29, 1.82) is 0 Å². The number of carbonyl (C=O) groups excluding carboxylic acids is 1. The highest BCUT2D eigenvalue weighted by atomic mass is 32.2. The van der Waals surface area contributed by atoms with Gasteiger partial charge in [-0.1, -0.05) is 30.3 Å². The van der Waals surface area contributed by atoms with E-state index < -0.39 is 29.0 Å². The zero-order valence-corrected chi connectivity index (χ0v) is 12.9. The minimum absolute atomic E-state index is 0.288. The van der Waals surface area contributed by atoms with Gasteiger partial charge in [0.1, 0.15) is 6.10 Å². The van der Waals surface area contributed by atoms with Crippen LogP contribution in [-0.2, 0) is 30.9 Å². The molecule has 1 aromatic carbocycles. The Kier molecular flexibility index (Phi) is 6.09. The maximum atomic E-state index is 11.9. The maximum absolute atomic E-state index is 11.9. The number of carboxylic acid groups (broad SMARTS) is 1. The topological polar surface area (TPSA) is 92.7 Å². The van der Waals surface area contributed by atoms with Gasteiger partial charge in [0.15, 0.2) is 6.10 Å². The number of aliphatic carboxylic acids is 1. The van der Waals surface area contributed by atoms with Crippen molar-refractivity contribution in [3.8, 4) is 0 Å². The quantitative estimate of drug-likeness (QED) is 0.769. The molecule has 0 aliphatic carbocycles. The molecule has 6 nitrogen and oxygen atoms in total. The number of hydrogen-bond donors (Lipinski definition) is 2. The molecule has 7 heteroatoms. The largest absolute Gasteiger partial charge is 0.479 e. The van der Waals surface area contributed by atoms with Gasteiger partial charge in [0, 0.05) is 28.9 Å². The van der Waals surface area contributed by atoms with Crippen molar-refractivity contribution in [2.75, 3.05) is 12.3 Å². The first-order valence-electron chi connectivity index (χ1n) is 7.11. The standard InChI is InChI=1S/C15H19NO5S/c17-14(12-6-7-13(21-12)15(18)19)16-8-9-22(20)10-11-4-2-1-3-5-11/h1-5,12-13H,6-10H2,(H,16,17)(H,18,19)/t12-,13+,22?/m0/s1. The van der Waals surface area contributed by atoms with E-state index in [-0.39, 0.29) is 12.5 Å². The molecule has 1 unspecified atom stereocenters. The van der Waals surface area contributed by atoms with Crippen molar-refractivity contribution in [2.45, 2.75) is 30.8 Å². The lowest BCUT2D eigenvalue weighted by molar-refractivity contribution is -0.151. The Bertz CT molecular complexity index is 548. The van der Waals surface area contributed by atoms with Crippen LogP contribution in [0.1, 0.15) is 18.4 Å². The lowest BCUT2D eigenvalue weighted by atomic mass is 10.2. The van der Waals surface area contributed by atoms with Gasteiger partial charge in [-0.25, -0.2) is 4.79 Å². The van der Waals surface area contributed by atoms with E-state index in [1.54, 1.807) is 0 Å². The molecule has 0 saturated carbocycles. The minimum Gasteiger partial charge on any atom is -0.479 e. The van der Waals surface area contributed by atoms with Crippen molar-refractivity contribution in [1.82, 2.24) is 5.32 Å². The zero-order chi connectivity index (χ0) is 15.9. The first-order chi connectivity index (χ1) is 10.6. The Balaban J connectivity index is 1.67. The number of amides is 1. The fraction of sp³-hybridized carbons (Fsp3) is 0.467. The highest BCUT2D eigenvalue weighted by molar-refractivity contribution is 7.84. The number of benzene rings is 1. The molecule has 1 saturated heterocycles. The molecule has 2 rings (SSSR count). The predicted molar refractivity (Wildman–Crippen MR) is 81.7 cm³/mol. The Labute approximate surface area is 131 Å². The van der Waals surface area contributed by atoms with Crippen LogP contribution in [0.15, 0.2) is 30.3 Å². The molecule has 3 atom stereocenters. The van der Waals surface area contributed by atoms with Gasteiger partial charge in [0.2, 0.25) is 5.91 Å². The average molecular weight is 325 g/mol. The van der Waals surface area contributed by atoms with Gasteiger partial charge in [0.05, 0.1) is 0 Å². The summed E-state index contributed by atoms with van der Waals surface area (Å²) < 4.78 is 17.1. The highest BCUT2D eigenvalue weighted by Crippen LogP contribution is 2.19. The lowest BCUT2D eigenvalue weighted by Gasteiger charge is -2.11. The number of carboxylic acids is 1. The van der Waals surface area contributed by atoms with Crippen molar-refractivity contribution in [2.24, 2.45) is 0 Å². The SMILES string of the molecule is O=C(NCCS(=O)Cc1ccccc1)[C@@H]1CC[C@H](C(=O)O)O1. The van der Waals surface area contributed by atoms with Gasteiger partial charge < -0.3 is 15.2 Å². The van der Waals surface area contributed by atoms with Crippen LogP contribution >= 0.6 is 0 Å². The van der Waals surface area contributed by atoms with E-state index in [4.69, 9.17) is 9.84 Å². The van der Waals surface area contributed by atoms with E-state index >= 15 is 0 Å². The number of nitrogens with one attached hydrogen (secondary N) is 1. The molecule has 1 aliphatic heterocycles. The van der Waals surface area contributed by atoms with Gasteiger partial charge in [-0.05, 0) is 18.4 Å². The maximum Gasteiger partial charge on any atom is 0.332 e. The Morgan fingerprint density at radius 3 is 2.55 bits per heavy atom. The van der Waals surface area contributed by atoms with Crippen LogP contribution in [0.4, 0.5) is 0 Å². The third kappa shape index (κ3) is 4.92. The molecular formula is C15H19NO5S. The molecule has 1 heterocycles. The van der Waals surface area contributed by atoms with Gasteiger partial charge in [-0.2, -0.15) is 0 Å². The van der Waals surface area contributed by atoms with Crippen molar-refractivity contribution >= 4 is 22.7 Å². The third-order valence-electron chi connectivity index (χ3n) is 3.39. The van der Waals surface area contributed by atoms with Crippen LogP contribution in [0.2, 0.25) is 0 Å². The van der Waals surface area contributed by atoms with Crippen molar-refractivity contribution in [3.63, 3.8) is 0 Å². The second kappa shape index (κ2) is 8.05. The Morgan fingerprint density at radius 2 is 1.91 bits per heavy atom. The fourth-order valence-electron chi connectivity index (χ4n) is 2.25. The summed E-state index contributed by atoms with van der Waals surface area (Å²) in [5, 5.41) is 11.5. The molecule has 0 aromatic heterocycles. The van der Waals surface area contributed by atoms with E-state index in [1.165, 1.54) is 0 Å². The second-order valence-electron chi connectivity index (χ2n) is 5.09. The summed E-state index contributed by atoms with van der Waals surface area (Å²) in [6, 6.07) is 9.51. The van der Waals surface area contributed by atoms with E-state index in [0.29, 0.717) is 24.3 Å². The van der Waals surface area contributed by atoms with Crippen LogP contribution in [0.5, 0.6) is 0 Å². The highest BCUT2D eigenvalue weighted by Gasteiger charge is 2.34. The van der Waals surface area contributed by atoms with Gasteiger partial charge in [-0.15, -0.1) is 0 Å². The van der Waals surface area contributed by atoms with Gasteiger partial charge >= 0.3 is 5.97 Å². The van der Waals surface area contributed by atoms with Gasteiger partial charge in [-0.3, -0.25) is 9.00 Å². The van der Waals surface area contributed by atoms with Crippen molar-refractivity contribution < 1.29 is 23.6 Å². The molecule has 1 fully saturated rings. The Morgan fingerprint density at radius 1 is 1.23 bits per heavy atom. The van der Waals surface area contributed by atoms with Crippen molar-refractivity contribution in [3.05, 3.63) is 35.9 Å². The average Bonchev–Trinajstić information content (AvgIpc) is 2.98. The minimum atomic E-state index is -1.05. The number of carbonyl (C=O) groups is 2. The van der Waals surface area contributed by atoms with Gasteiger partial charge in [0.25, 0.3) is 0 Å². The molecule has 120 valence electrons. The van der Waals surface area contributed by atoms with Crippen LogP contribution in [0.25, 0.3) is 0 Å². The smallest absolute Gasteiger partial charge is 0.332 e. The van der Waals surface area contributed by atoms with Crippen LogP contribution in [0.3, 0.4) is 0 Å². The zero-order valence-electron chi connectivity index (χ0n) is 12.1. The fourth-order valence-corrected chi connectivity index (χ4v) is 3.28. The first kappa shape index (κ1) is 16.6. The summed E-state index contributed by atoms with van der Waals surface area (Å²) in [6.07, 6.45) is -0.880. The summed E-state index contributed by atoms with van der Waals surface area (Å²) in [6.45, 7) is 0.288. The number of hydrogen-bond acceptors (Lipinski definition) is 4. The summed E-state index contributed by atoms with van der Waals surface area (Å²) >= 11 is 0. The van der Waals surface area contributed by atoms with E-state index in [2.05, 4.69) is 5.32 Å². The third-order valence-corrected chi connectivity index (χ3v) is 4.70. The Hall–Kier alpha value is -1.73. The molecule has 1 amide bonds. The summed E-state index contributed by atoms with van der Waals surface area (Å²) in [7, 11) is -1.05. The second-order valence-corrected chi connectivity index (χ2v) is 6.67. The molecule has 1 aliphatic rings. The monoisotopic (exact) mass is 325 g/mol. The summed E-state index contributed by atoms with van der Waals surface area (Å²) in [5.74, 6) is -0.562. The lowest BCUT2D eigenvalue weighted by Crippen LogP contribution is -2.37. The van der Waals surface area contributed by atoms with Crippen LogP contribution < -0.4 is 5.32 Å². The van der Waals surface area contributed by atoms with Crippen LogP contribution in [0, 0.1) is 0 Å². The molecule has 22 heavy (non-hydrogen) atoms. The van der Waals surface area contributed by atoms with E-state index in [1.807, 2.05) is 30.3 Å². The summed E-state index contributed by atoms with van der Waals surface area (Å²) in [4.78, 5) is 22.6. The number of rotatable bonds is 7. The van der Waals surface area contributed by atoms with E-state index in [0.717, 1.165) is 5.56 Å². The number of ether oxygens (including phenoxy) is 1. The molecule has 0 spiro atoms. The normalized spacial score (nSPS) is 22.2. The molecule has 2 N–H and O–H groups in total. The molecular weight excluding hydrogens is 306 g/mol. The molecule has 1 aromatic rings. The van der Waals surface area contributed by atoms with E-state index in [9.17, 15) is 13.8 Å². The van der Waals surface area contributed by atoms with Crippen LogP contribution in [-0.4, -0.2) is 45.7 Å². The molecule has 0 radical (unpaired) electrons.